The lowest BCUT2D eigenvalue weighted by Crippen LogP contribution is -2.43. The van der Waals surface area contributed by atoms with Crippen LogP contribution in [0, 0.1) is 0 Å². The predicted octanol–water partition coefficient (Wildman–Crippen LogP) is 1.59. The molecule has 20 heavy (non-hydrogen) atoms. The Morgan fingerprint density at radius 3 is 2.50 bits per heavy atom. The lowest BCUT2D eigenvalue weighted by Gasteiger charge is -2.20. The second-order valence-corrected chi connectivity index (χ2v) is 4.78. The quantitative estimate of drug-likeness (QED) is 0.888. The number of nitrogens with one attached hydrogen (secondary N) is 1. The Morgan fingerprint density at radius 2 is 2.00 bits per heavy atom. The van der Waals surface area contributed by atoms with Crippen LogP contribution in [0.3, 0.4) is 0 Å². The van der Waals surface area contributed by atoms with Crippen LogP contribution in [0.2, 0.25) is 0 Å². The van der Waals surface area contributed by atoms with Crippen molar-refractivity contribution < 1.29 is 27.8 Å². The van der Waals surface area contributed by atoms with Gasteiger partial charge in [0.2, 0.25) is 0 Å². The van der Waals surface area contributed by atoms with E-state index in [1.165, 1.54) is 0 Å². The third kappa shape index (κ3) is 3.49. The van der Waals surface area contributed by atoms with Crippen molar-refractivity contribution in [2.24, 2.45) is 0 Å². The molecule has 1 aliphatic rings. The fraction of sp³-hybridized carbons (Fsp3) is 0.462. The maximum absolute atomic E-state index is 12.4. The lowest BCUT2D eigenvalue weighted by atomic mass is 10.0. The number of rotatable bonds is 3. The van der Waals surface area contributed by atoms with Crippen LogP contribution in [0.25, 0.3) is 0 Å². The van der Waals surface area contributed by atoms with Crippen LogP contribution in [0.1, 0.15) is 22.3 Å². The van der Waals surface area contributed by atoms with E-state index in [1.807, 2.05) is 0 Å². The number of aliphatic hydroxyl groups is 1. The SMILES string of the molecule is O=C(NCC1(O)CCOC1)c1ccc(C(F)(F)F)cc1. The third-order valence-electron chi connectivity index (χ3n) is 3.13. The first-order valence-corrected chi connectivity index (χ1v) is 6.06. The third-order valence-corrected chi connectivity index (χ3v) is 3.13. The van der Waals surface area contributed by atoms with Gasteiger partial charge in [-0.05, 0) is 24.3 Å². The van der Waals surface area contributed by atoms with E-state index < -0.39 is 23.2 Å². The molecule has 1 aromatic carbocycles. The summed E-state index contributed by atoms with van der Waals surface area (Å²) in [4.78, 5) is 11.8. The molecule has 1 amide bonds. The number of hydrogen-bond donors (Lipinski definition) is 2. The standard InChI is InChI=1S/C13H14F3NO3/c14-13(15,16)10-3-1-9(2-4-10)11(18)17-7-12(19)5-6-20-8-12/h1-4,19H,5-8H2,(H,17,18). The first-order chi connectivity index (χ1) is 9.30. The van der Waals surface area contributed by atoms with Crippen molar-refractivity contribution in [3.63, 3.8) is 0 Å². The molecule has 2 rings (SSSR count). The maximum atomic E-state index is 12.4. The number of carbonyl (C=O) groups is 1. The number of benzene rings is 1. The number of halogens is 3. The molecule has 0 aliphatic carbocycles. The summed E-state index contributed by atoms with van der Waals surface area (Å²) in [5.74, 6) is -0.529. The molecule has 1 heterocycles. The molecular formula is C13H14F3NO3. The van der Waals surface area contributed by atoms with Gasteiger partial charge in [0, 0.05) is 25.1 Å². The number of amides is 1. The van der Waals surface area contributed by atoms with Crippen LogP contribution in [-0.4, -0.2) is 36.4 Å². The molecular weight excluding hydrogens is 275 g/mol. The van der Waals surface area contributed by atoms with Crippen molar-refractivity contribution in [1.82, 2.24) is 5.32 Å². The normalized spacial score (nSPS) is 22.8. The molecule has 2 N–H and O–H groups in total. The highest BCUT2D eigenvalue weighted by molar-refractivity contribution is 5.94. The Labute approximate surface area is 113 Å². The Hall–Kier alpha value is -1.60. The number of carbonyl (C=O) groups excluding carboxylic acids is 1. The summed E-state index contributed by atoms with van der Waals surface area (Å²) in [6, 6.07) is 3.91. The van der Waals surface area contributed by atoms with Crippen molar-refractivity contribution in [3.8, 4) is 0 Å². The van der Waals surface area contributed by atoms with E-state index in [-0.39, 0.29) is 18.7 Å². The van der Waals surface area contributed by atoms with Gasteiger partial charge < -0.3 is 15.2 Å². The highest BCUT2D eigenvalue weighted by Crippen LogP contribution is 2.29. The summed E-state index contributed by atoms with van der Waals surface area (Å²) in [5, 5.41) is 12.4. The predicted molar refractivity (Wildman–Crippen MR) is 64.2 cm³/mol. The van der Waals surface area contributed by atoms with Crippen LogP contribution in [0.15, 0.2) is 24.3 Å². The second kappa shape index (κ2) is 5.41. The van der Waals surface area contributed by atoms with Gasteiger partial charge in [0.25, 0.3) is 5.91 Å². The maximum Gasteiger partial charge on any atom is 0.416 e. The number of alkyl halides is 3. The lowest BCUT2D eigenvalue weighted by molar-refractivity contribution is -0.137. The van der Waals surface area contributed by atoms with E-state index in [0.29, 0.717) is 13.0 Å². The highest BCUT2D eigenvalue weighted by atomic mass is 19.4. The summed E-state index contributed by atoms with van der Waals surface area (Å²) < 4.78 is 42.2. The summed E-state index contributed by atoms with van der Waals surface area (Å²) in [6.45, 7) is 0.569. The fourth-order valence-electron chi connectivity index (χ4n) is 1.89. The van der Waals surface area contributed by atoms with Gasteiger partial charge in [-0.3, -0.25) is 4.79 Å². The monoisotopic (exact) mass is 289 g/mol. The van der Waals surface area contributed by atoms with Crippen molar-refractivity contribution in [3.05, 3.63) is 35.4 Å². The summed E-state index contributed by atoms with van der Waals surface area (Å²) in [6.07, 6.45) is -4.01. The highest BCUT2D eigenvalue weighted by Gasteiger charge is 2.33. The van der Waals surface area contributed by atoms with Crippen LogP contribution in [0.4, 0.5) is 13.2 Å². The van der Waals surface area contributed by atoms with Gasteiger partial charge in [-0.1, -0.05) is 0 Å². The Bertz CT molecular complexity index is 479. The van der Waals surface area contributed by atoms with E-state index in [2.05, 4.69) is 5.32 Å². The van der Waals surface area contributed by atoms with Gasteiger partial charge in [0.15, 0.2) is 0 Å². The van der Waals surface area contributed by atoms with E-state index in [0.717, 1.165) is 24.3 Å². The number of hydrogen-bond acceptors (Lipinski definition) is 3. The van der Waals surface area contributed by atoms with Crippen molar-refractivity contribution in [2.75, 3.05) is 19.8 Å². The molecule has 1 aromatic rings. The molecule has 110 valence electrons. The average Bonchev–Trinajstić information content (AvgIpc) is 2.83. The average molecular weight is 289 g/mol. The molecule has 7 heteroatoms. The molecule has 1 fully saturated rings. The van der Waals surface area contributed by atoms with Gasteiger partial charge >= 0.3 is 6.18 Å². The minimum Gasteiger partial charge on any atom is -0.386 e. The molecule has 0 aromatic heterocycles. The molecule has 1 atom stereocenters. The summed E-state index contributed by atoms with van der Waals surface area (Å²) in [5.41, 5.74) is -1.79. The Morgan fingerprint density at radius 1 is 1.35 bits per heavy atom. The van der Waals surface area contributed by atoms with E-state index >= 15 is 0 Å². The molecule has 1 unspecified atom stereocenters. The molecule has 0 spiro atoms. The summed E-state index contributed by atoms with van der Waals surface area (Å²) >= 11 is 0. The molecule has 1 saturated heterocycles. The van der Waals surface area contributed by atoms with Crippen LogP contribution in [-0.2, 0) is 10.9 Å². The van der Waals surface area contributed by atoms with Gasteiger partial charge in [-0.2, -0.15) is 13.2 Å². The zero-order valence-corrected chi connectivity index (χ0v) is 10.5. The van der Waals surface area contributed by atoms with Gasteiger partial charge in [0.1, 0.15) is 5.60 Å². The summed E-state index contributed by atoms with van der Waals surface area (Å²) in [7, 11) is 0. The zero-order valence-electron chi connectivity index (χ0n) is 10.5. The van der Waals surface area contributed by atoms with Crippen LogP contribution >= 0.6 is 0 Å². The minimum atomic E-state index is -4.43. The number of ether oxygens (including phenoxy) is 1. The first-order valence-electron chi connectivity index (χ1n) is 6.06. The topological polar surface area (TPSA) is 58.6 Å². The molecule has 1 aliphatic heterocycles. The van der Waals surface area contributed by atoms with E-state index in [1.54, 1.807) is 0 Å². The van der Waals surface area contributed by atoms with Crippen LogP contribution in [0.5, 0.6) is 0 Å². The van der Waals surface area contributed by atoms with Crippen molar-refractivity contribution in [2.45, 2.75) is 18.2 Å². The van der Waals surface area contributed by atoms with Crippen molar-refractivity contribution >= 4 is 5.91 Å². The zero-order chi connectivity index (χ0) is 14.8. The fourth-order valence-corrected chi connectivity index (χ4v) is 1.89. The largest absolute Gasteiger partial charge is 0.416 e. The smallest absolute Gasteiger partial charge is 0.386 e. The second-order valence-electron chi connectivity index (χ2n) is 4.78. The van der Waals surface area contributed by atoms with Gasteiger partial charge in [-0.25, -0.2) is 0 Å². The molecule has 0 saturated carbocycles. The van der Waals surface area contributed by atoms with Gasteiger partial charge in [-0.15, -0.1) is 0 Å². The van der Waals surface area contributed by atoms with E-state index in [9.17, 15) is 23.1 Å². The molecule has 0 bridgehead atoms. The molecule has 0 radical (unpaired) electrons. The van der Waals surface area contributed by atoms with Crippen molar-refractivity contribution in [1.29, 1.82) is 0 Å². The van der Waals surface area contributed by atoms with E-state index in [4.69, 9.17) is 4.74 Å². The minimum absolute atomic E-state index is 0.00680. The molecule has 4 nitrogen and oxygen atoms in total. The van der Waals surface area contributed by atoms with Crippen LogP contribution < -0.4 is 5.32 Å². The van der Waals surface area contributed by atoms with Gasteiger partial charge in [0.05, 0.1) is 12.2 Å². The Balaban J connectivity index is 1.96. The first kappa shape index (κ1) is 14.8. The Kier molecular flexibility index (Phi) is 4.01.